The molecule has 0 aromatic heterocycles. The molecule has 0 saturated heterocycles. The second-order valence-electron chi connectivity index (χ2n) is 4.40. The fraction of sp³-hybridized carbons (Fsp3) is 0.538. The lowest BCUT2D eigenvalue weighted by atomic mass is 9.97. The second kappa shape index (κ2) is 5.29. The van der Waals surface area contributed by atoms with Gasteiger partial charge in [-0.05, 0) is 50.9 Å². The summed E-state index contributed by atoms with van der Waals surface area (Å²) in [5, 5.41) is 3.32. The average molecular weight is 206 g/mol. The van der Waals surface area contributed by atoms with Crippen LogP contribution in [0.15, 0.2) is 18.2 Å². The highest BCUT2D eigenvalue weighted by Gasteiger charge is 2.11. The predicted molar refractivity (Wildman–Crippen MR) is 66.0 cm³/mol. The van der Waals surface area contributed by atoms with Crippen LogP contribution in [0, 0.1) is 13.8 Å². The Morgan fingerprint density at radius 2 is 1.93 bits per heavy atom. The summed E-state index contributed by atoms with van der Waals surface area (Å²) in [5.74, 6) is 0. The van der Waals surface area contributed by atoms with Gasteiger partial charge in [-0.1, -0.05) is 18.2 Å². The molecule has 2 nitrogen and oxygen atoms in total. The van der Waals surface area contributed by atoms with Gasteiger partial charge in [0, 0.05) is 12.1 Å². The average Bonchev–Trinajstić information content (AvgIpc) is 2.18. The summed E-state index contributed by atoms with van der Waals surface area (Å²) in [6.07, 6.45) is 0.971. The molecule has 84 valence electrons. The zero-order chi connectivity index (χ0) is 11.4. The smallest absolute Gasteiger partial charge is 0.0332 e. The Morgan fingerprint density at radius 1 is 1.27 bits per heavy atom. The van der Waals surface area contributed by atoms with Crippen molar-refractivity contribution in [2.75, 3.05) is 7.05 Å². The lowest BCUT2D eigenvalue weighted by Gasteiger charge is -2.19. The van der Waals surface area contributed by atoms with Crippen molar-refractivity contribution in [2.24, 2.45) is 5.73 Å². The first-order chi connectivity index (χ1) is 7.04. The minimum atomic E-state index is 0.226. The SMILES string of the molecule is CNC(CC(C)N)c1ccc(C)c(C)c1. The van der Waals surface area contributed by atoms with Crippen LogP contribution < -0.4 is 11.1 Å². The summed E-state index contributed by atoms with van der Waals surface area (Å²) in [6, 6.07) is 7.20. The Kier molecular flexibility index (Phi) is 4.30. The maximum atomic E-state index is 5.83. The molecule has 0 radical (unpaired) electrons. The Balaban J connectivity index is 2.87. The first kappa shape index (κ1) is 12.2. The molecule has 0 aliphatic heterocycles. The third-order valence-corrected chi connectivity index (χ3v) is 2.89. The summed E-state index contributed by atoms with van der Waals surface area (Å²) in [5.41, 5.74) is 9.85. The first-order valence-corrected chi connectivity index (χ1v) is 5.54. The molecule has 1 rings (SSSR count). The number of benzene rings is 1. The van der Waals surface area contributed by atoms with Crippen LogP contribution in [0.4, 0.5) is 0 Å². The molecular weight excluding hydrogens is 184 g/mol. The molecule has 0 aliphatic carbocycles. The number of rotatable bonds is 4. The Labute approximate surface area is 92.9 Å². The van der Waals surface area contributed by atoms with Gasteiger partial charge in [0.1, 0.15) is 0 Å². The van der Waals surface area contributed by atoms with Crippen LogP contribution >= 0.6 is 0 Å². The van der Waals surface area contributed by atoms with Gasteiger partial charge < -0.3 is 11.1 Å². The molecule has 0 bridgehead atoms. The number of nitrogens with one attached hydrogen (secondary N) is 1. The molecule has 2 unspecified atom stereocenters. The van der Waals surface area contributed by atoms with Crippen molar-refractivity contribution >= 4 is 0 Å². The van der Waals surface area contributed by atoms with Crippen LogP contribution in [0.25, 0.3) is 0 Å². The molecule has 1 aromatic carbocycles. The molecule has 0 spiro atoms. The molecule has 0 fully saturated rings. The van der Waals surface area contributed by atoms with Crippen LogP contribution in [0.1, 0.15) is 36.1 Å². The van der Waals surface area contributed by atoms with E-state index in [2.05, 4.69) is 37.4 Å². The van der Waals surface area contributed by atoms with Crippen LogP contribution in [0.2, 0.25) is 0 Å². The molecule has 3 N–H and O–H groups in total. The van der Waals surface area contributed by atoms with Crippen molar-refractivity contribution < 1.29 is 0 Å². The van der Waals surface area contributed by atoms with Gasteiger partial charge in [-0.3, -0.25) is 0 Å². The summed E-state index contributed by atoms with van der Waals surface area (Å²) in [6.45, 7) is 6.34. The van der Waals surface area contributed by atoms with E-state index >= 15 is 0 Å². The zero-order valence-electron chi connectivity index (χ0n) is 10.2. The maximum Gasteiger partial charge on any atom is 0.0332 e. The van der Waals surface area contributed by atoms with Crippen LogP contribution in [0.3, 0.4) is 0 Å². The van der Waals surface area contributed by atoms with E-state index < -0.39 is 0 Å². The fourth-order valence-corrected chi connectivity index (χ4v) is 1.77. The number of hydrogen-bond acceptors (Lipinski definition) is 2. The standard InChI is InChI=1S/C13H22N2/c1-9-5-6-12(7-10(9)2)13(15-4)8-11(3)14/h5-7,11,13,15H,8,14H2,1-4H3. The van der Waals surface area contributed by atoms with Crippen molar-refractivity contribution in [3.8, 4) is 0 Å². The minimum Gasteiger partial charge on any atom is -0.328 e. The van der Waals surface area contributed by atoms with Gasteiger partial charge in [-0.2, -0.15) is 0 Å². The summed E-state index contributed by atoms with van der Waals surface area (Å²) < 4.78 is 0. The number of aryl methyl sites for hydroxylation is 2. The van der Waals surface area contributed by atoms with E-state index in [1.807, 2.05) is 14.0 Å². The lowest BCUT2D eigenvalue weighted by molar-refractivity contribution is 0.499. The van der Waals surface area contributed by atoms with Gasteiger partial charge in [0.15, 0.2) is 0 Å². The minimum absolute atomic E-state index is 0.226. The first-order valence-electron chi connectivity index (χ1n) is 5.54. The lowest BCUT2D eigenvalue weighted by Crippen LogP contribution is -2.25. The second-order valence-corrected chi connectivity index (χ2v) is 4.40. The van der Waals surface area contributed by atoms with Gasteiger partial charge in [0.25, 0.3) is 0 Å². The number of hydrogen-bond donors (Lipinski definition) is 2. The maximum absolute atomic E-state index is 5.83. The normalized spacial score (nSPS) is 15.0. The Morgan fingerprint density at radius 3 is 2.40 bits per heavy atom. The van der Waals surface area contributed by atoms with Crippen molar-refractivity contribution in [3.05, 3.63) is 34.9 Å². The molecule has 2 heteroatoms. The highest BCUT2D eigenvalue weighted by molar-refractivity contribution is 5.31. The van der Waals surface area contributed by atoms with Crippen molar-refractivity contribution in [2.45, 2.75) is 39.3 Å². The molecule has 0 aliphatic rings. The van der Waals surface area contributed by atoms with E-state index in [-0.39, 0.29) is 6.04 Å². The van der Waals surface area contributed by atoms with Gasteiger partial charge in [0.05, 0.1) is 0 Å². The predicted octanol–water partition coefficient (Wildman–Crippen LogP) is 2.30. The van der Waals surface area contributed by atoms with E-state index in [1.54, 1.807) is 0 Å². The molecule has 0 saturated carbocycles. The van der Waals surface area contributed by atoms with E-state index in [0.29, 0.717) is 6.04 Å². The monoisotopic (exact) mass is 206 g/mol. The van der Waals surface area contributed by atoms with E-state index in [9.17, 15) is 0 Å². The van der Waals surface area contributed by atoms with Gasteiger partial charge in [-0.25, -0.2) is 0 Å². The quantitative estimate of drug-likeness (QED) is 0.793. The van der Waals surface area contributed by atoms with Gasteiger partial charge >= 0.3 is 0 Å². The van der Waals surface area contributed by atoms with Crippen LogP contribution in [-0.4, -0.2) is 13.1 Å². The highest BCUT2D eigenvalue weighted by atomic mass is 14.9. The third kappa shape index (κ3) is 3.33. The molecule has 1 aromatic rings. The summed E-state index contributed by atoms with van der Waals surface area (Å²) in [7, 11) is 1.99. The highest BCUT2D eigenvalue weighted by Crippen LogP contribution is 2.20. The van der Waals surface area contributed by atoms with Crippen molar-refractivity contribution in [3.63, 3.8) is 0 Å². The topological polar surface area (TPSA) is 38.0 Å². The largest absolute Gasteiger partial charge is 0.328 e. The summed E-state index contributed by atoms with van der Waals surface area (Å²) >= 11 is 0. The van der Waals surface area contributed by atoms with Gasteiger partial charge in [0.2, 0.25) is 0 Å². The van der Waals surface area contributed by atoms with Crippen molar-refractivity contribution in [1.29, 1.82) is 0 Å². The van der Waals surface area contributed by atoms with Crippen molar-refractivity contribution in [1.82, 2.24) is 5.32 Å². The summed E-state index contributed by atoms with van der Waals surface area (Å²) in [4.78, 5) is 0. The molecular formula is C13H22N2. The van der Waals surface area contributed by atoms with Gasteiger partial charge in [-0.15, -0.1) is 0 Å². The number of nitrogens with two attached hydrogens (primary N) is 1. The molecule has 15 heavy (non-hydrogen) atoms. The molecule has 2 atom stereocenters. The third-order valence-electron chi connectivity index (χ3n) is 2.89. The Hall–Kier alpha value is -0.860. The molecule has 0 amide bonds. The Bertz CT molecular complexity index is 318. The zero-order valence-corrected chi connectivity index (χ0v) is 10.2. The molecule has 0 heterocycles. The van der Waals surface area contributed by atoms with Crippen LogP contribution in [-0.2, 0) is 0 Å². The van der Waals surface area contributed by atoms with E-state index in [4.69, 9.17) is 5.73 Å². The van der Waals surface area contributed by atoms with E-state index in [1.165, 1.54) is 16.7 Å². The van der Waals surface area contributed by atoms with Crippen LogP contribution in [0.5, 0.6) is 0 Å². The van der Waals surface area contributed by atoms with E-state index in [0.717, 1.165) is 6.42 Å². The fourth-order valence-electron chi connectivity index (χ4n) is 1.77.